The zero-order chi connectivity index (χ0) is 14.7. The van der Waals surface area contributed by atoms with E-state index in [1.165, 1.54) is 0 Å². The normalized spacial score (nSPS) is 20.8. The topological polar surface area (TPSA) is 97.8 Å². The summed E-state index contributed by atoms with van der Waals surface area (Å²) in [6.07, 6.45) is 1.94. The largest absolute Gasteiger partial charge is 0.350 e. The molecule has 1 heterocycles. The van der Waals surface area contributed by atoms with Gasteiger partial charge < -0.3 is 9.84 Å². The van der Waals surface area contributed by atoms with Crippen LogP contribution in [0.4, 0.5) is 0 Å². The van der Waals surface area contributed by atoms with E-state index in [1.54, 1.807) is 11.5 Å². The molecule has 0 spiro atoms. The molecular formula is C15H19N4O2+. The molecule has 1 fully saturated rings. The Balaban J connectivity index is 1.58. The van der Waals surface area contributed by atoms with E-state index in [0.29, 0.717) is 11.6 Å². The Bertz CT molecular complexity index is 605. The number of hydrogen-bond acceptors (Lipinski definition) is 4. The lowest BCUT2D eigenvalue weighted by atomic mass is 9.80. The maximum atomic E-state index is 12.1. The lowest BCUT2D eigenvalue weighted by Crippen LogP contribution is -2.92. The van der Waals surface area contributed by atoms with Crippen LogP contribution in [0, 0.1) is 5.92 Å². The quantitative estimate of drug-likeness (QED) is 0.543. The lowest BCUT2D eigenvalue weighted by molar-refractivity contribution is -0.674. The van der Waals surface area contributed by atoms with E-state index in [9.17, 15) is 4.79 Å². The van der Waals surface area contributed by atoms with Crippen molar-refractivity contribution in [1.29, 1.82) is 0 Å². The predicted octanol–water partition coefficient (Wildman–Crippen LogP) is 0.287. The van der Waals surface area contributed by atoms with Gasteiger partial charge in [-0.05, 0) is 12.8 Å². The van der Waals surface area contributed by atoms with E-state index in [2.05, 4.69) is 10.5 Å². The maximum Gasteiger partial charge on any atom is 0.290 e. The molecule has 6 heteroatoms. The summed E-state index contributed by atoms with van der Waals surface area (Å²) in [6, 6.07) is 11.5. The Labute approximate surface area is 122 Å². The van der Waals surface area contributed by atoms with Gasteiger partial charge in [0.15, 0.2) is 0 Å². The highest BCUT2D eigenvalue weighted by Crippen LogP contribution is 2.26. The summed E-state index contributed by atoms with van der Waals surface area (Å²) in [5.74, 6) is 6.04. The van der Waals surface area contributed by atoms with Gasteiger partial charge in [0.05, 0.1) is 6.54 Å². The van der Waals surface area contributed by atoms with E-state index in [1.807, 2.05) is 30.3 Å². The minimum atomic E-state index is -0.204. The lowest BCUT2D eigenvalue weighted by Gasteiger charge is -2.33. The molecule has 0 radical (unpaired) electrons. The van der Waals surface area contributed by atoms with Crippen LogP contribution in [0.2, 0.25) is 0 Å². The van der Waals surface area contributed by atoms with Crippen molar-refractivity contribution in [3.05, 3.63) is 42.2 Å². The van der Waals surface area contributed by atoms with Gasteiger partial charge in [-0.15, -0.1) is 0 Å². The predicted molar refractivity (Wildman–Crippen MR) is 76.9 cm³/mol. The minimum Gasteiger partial charge on any atom is -0.350 e. The van der Waals surface area contributed by atoms with Crippen molar-refractivity contribution < 1.29 is 14.7 Å². The van der Waals surface area contributed by atoms with Crippen LogP contribution in [-0.4, -0.2) is 23.7 Å². The smallest absolute Gasteiger partial charge is 0.290 e. The Morgan fingerprint density at radius 1 is 1.38 bits per heavy atom. The first kappa shape index (κ1) is 13.8. The number of nitrogens with two attached hydrogens (primary N) is 2. The van der Waals surface area contributed by atoms with Crippen molar-refractivity contribution in [3.8, 4) is 11.3 Å². The van der Waals surface area contributed by atoms with Crippen LogP contribution < -0.4 is 16.6 Å². The third-order valence-corrected chi connectivity index (χ3v) is 3.84. The number of rotatable bonds is 5. The van der Waals surface area contributed by atoms with Gasteiger partial charge in [0.1, 0.15) is 5.69 Å². The second-order valence-electron chi connectivity index (χ2n) is 5.42. The molecule has 3 rings (SSSR count). The molecule has 1 saturated carbocycles. The number of quaternary nitrogens is 1. The molecule has 1 aliphatic carbocycles. The molecule has 0 bridgehead atoms. The summed E-state index contributed by atoms with van der Waals surface area (Å²) >= 11 is 0. The van der Waals surface area contributed by atoms with Gasteiger partial charge in [-0.1, -0.05) is 35.5 Å². The number of carbonyl (C=O) groups is 1. The summed E-state index contributed by atoms with van der Waals surface area (Å²) in [7, 11) is 0. The number of nitrogens with one attached hydrogen (secondary N) is 1. The number of nitrogens with zero attached hydrogens (tertiary/aromatic N) is 1. The summed E-state index contributed by atoms with van der Waals surface area (Å²) in [5.41, 5.74) is 3.29. The highest BCUT2D eigenvalue weighted by Gasteiger charge is 2.32. The summed E-state index contributed by atoms with van der Waals surface area (Å²) in [4.78, 5) is 12.1. The van der Waals surface area contributed by atoms with Crippen molar-refractivity contribution in [2.75, 3.05) is 6.54 Å². The molecule has 0 unspecified atom stereocenters. The Morgan fingerprint density at radius 3 is 2.86 bits per heavy atom. The van der Waals surface area contributed by atoms with Crippen LogP contribution in [0.1, 0.15) is 23.4 Å². The highest BCUT2D eigenvalue weighted by atomic mass is 16.5. The van der Waals surface area contributed by atoms with Gasteiger partial charge in [0.2, 0.25) is 5.76 Å². The molecule has 2 aromatic rings. The van der Waals surface area contributed by atoms with Gasteiger partial charge in [-0.25, -0.2) is 0 Å². The fraction of sp³-hybridized carbons (Fsp3) is 0.333. The monoisotopic (exact) mass is 287 g/mol. The average Bonchev–Trinajstić information content (AvgIpc) is 2.96. The molecule has 1 aliphatic rings. The van der Waals surface area contributed by atoms with E-state index in [-0.39, 0.29) is 17.7 Å². The summed E-state index contributed by atoms with van der Waals surface area (Å²) < 4.78 is 5.14. The first-order chi connectivity index (χ1) is 10.3. The number of hydrogen-bond donors (Lipinski definition) is 3. The van der Waals surface area contributed by atoms with Crippen LogP contribution in [0.25, 0.3) is 11.3 Å². The highest BCUT2D eigenvalue weighted by molar-refractivity contribution is 5.92. The maximum absolute atomic E-state index is 12.1. The minimum absolute atomic E-state index is 0.204. The van der Waals surface area contributed by atoms with Crippen molar-refractivity contribution >= 4 is 5.91 Å². The molecule has 0 aliphatic heterocycles. The standard InChI is InChI=1S/C15H18N4O2/c16-17-9-10-6-12(7-10)18-15(20)14-8-13(19-21-14)11-4-2-1-3-5-11/h1-5,8,10,12,17H,6-7,9,16H2,(H,18,20)/p+1. The van der Waals surface area contributed by atoms with Gasteiger partial charge >= 0.3 is 0 Å². The van der Waals surface area contributed by atoms with E-state index < -0.39 is 0 Å². The molecule has 1 aromatic heterocycles. The fourth-order valence-electron chi connectivity index (χ4n) is 2.62. The molecular weight excluding hydrogens is 268 g/mol. The molecule has 1 aromatic carbocycles. The van der Waals surface area contributed by atoms with Crippen molar-refractivity contribution in [2.45, 2.75) is 18.9 Å². The third-order valence-electron chi connectivity index (χ3n) is 3.84. The summed E-state index contributed by atoms with van der Waals surface area (Å²) in [5, 5.41) is 6.90. The molecule has 0 saturated heterocycles. The first-order valence-electron chi connectivity index (χ1n) is 7.12. The van der Waals surface area contributed by atoms with E-state index >= 15 is 0 Å². The van der Waals surface area contributed by atoms with Gasteiger partial charge in [0.25, 0.3) is 5.91 Å². The molecule has 0 atom stereocenters. The van der Waals surface area contributed by atoms with E-state index in [0.717, 1.165) is 24.9 Å². The Kier molecular flexibility index (Phi) is 3.98. The Hall–Kier alpha value is -2.18. The van der Waals surface area contributed by atoms with Crippen LogP contribution in [0.15, 0.2) is 40.9 Å². The molecule has 5 N–H and O–H groups in total. The number of amides is 1. The number of aromatic nitrogens is 1. The zero-order valence-electron chi connectivity index (χ0n) is 11.7. The zero-order valence-corrected chi connectivity index (χ0v) is 11.7. The van der Waals surface area contributed by atoms with Crippen LogP contribution in [0.3, 0.4) is 0 Å². The number of carbonyl (C=O) groups excluding carboxylic acids is 1. The van der Waals surface area contributed by atoms with Gasteiger partial charge in [0, 0.05) is 23.6 Å². The van der Waals surface area contributed by atoms with Gasteiger partial charge in [-0.2, -0.15) is 5.84 Å². The van der Waals surface area contributed by atoms with Crippen LogP contribution >= 0.6 is 0 Å². The molecule has 6 nitrogen and oxygen atoms in total. The van der Waals surface area contributed by atoms with Crippen molar-refractivity contribution in [2.24, 2.45) is 11.8 Å². The van der Waals surface area contributed by atoms with E-state index in [4.69, 9.17) is 10.4 Å². The van der Waals surface area contributed by atoms with Crippen molar-refractivity contribution in [3.63, 3.8) is 0 Å². The molecule has 21 heavy (non-hydrogen) atoms. The first-order valence-corrected chi connectivity index (χ1v) is 7.12. The molecule has 110 valence electrons. The second-order valence-corrected chi connectivity index (χ2v) is 5.42. The average molecular weight is 287 g/mol. The second kappa shape index (κ2) is 6.07. The SMILES string of the molecule is N[NH2+]CC1CC(NC(=O)c2cc(-c3ccccc3)no2)C1. The molecule has 1 amide bonds. The Morgan fingerprint density at radius 2 is 2.14 bits per heavy atom. The van der Waals surface area contributed by atoms with Crippen LogP contribution in [-0.2, 0) is 0 Å². The van der Waals surface area contributed by atoms with Crippen LogP contribution in [0.5, 0.6) is 0 Å². The van der Waals surface area contributed by atoms with Gasteiger partial charge in [-0.3, -0.25) is 10.2 Å². The third kappa shape index (κ3) is 3.12. The van der Waals surface area contributed by atoms with Crippen molar-refractivity contribution in [1.82, 2.24) is 10.5 Å². The summed E-state index contributed by atoms with van der Waals surface area (Å²) in [6.45, 7) is 0.910. The number of benzene rings is 1. The fourth-order valence-corrected chi connectivity index (χ4v) is 2.62.